The largest absolute Gasteiger partial charge is 0.417 e. The highest BCUT2D eigenvalue weighted by Crippen LogP contribution is 2.51. The molecule has 0 radical (unpaired) electrons. The van der Waals surface area contributed by atoms with Crippen molar-refractivity contribution >= 4 is 22.8 Å². The minimum Gasteiger partial charge on any atom is -0.291 e. The van der Waals surface area contributed by atoms with Gasteiger partial charge in [0.05, 0.1) is 40.8 Å². The van der Waals surface area contributed by atoms with E-state index in [9.17, 15) is 26.6 Å². The zero-order valence-electron chi connectivity index (χ0n) is 23.5. The summed E-state index contributed by atoms with van der Waals surface area (Å²) in [5, 5.41) is 13.5. The van der Waals surface area contributed by atoms with Crippen LogP contribution in [0.1, 0.15) is 65.5 Å². The smallest absolute Gasteiger partial charge is 0.291 e. The molecule has 0 amide bonds. The quantitative estimate of drug-likeness (QED) is 0.202. The number of rotatable bonds is 7. The summed E-state index contributed by atoms with van der Waals surface area (Å²) in [6.45, 7) is 0. The first-order chi connectivity index (χ1) is 21.0. The zero-order chi connectivity index (χ0) is 30.8. The van der Waals surface area contributed by atoms with Crippen molar-refractivity contribution in [3.05, 3.63) is 88.9 Å². The highest BCUT2D eigenvalue weighted by molar-refractivity contribution is 7.82. The second-order valence-corrected chi connectivity index (χ2v) is 13.0. The number of pyridine rings is 1. The van der Waals surface area contributed by atoms with Crippen molar-refractivity contribution in [2.24, 2.45) is 5.41 Å². The predicted molar refractivity (Wildman–Crippen MR) is 151 cm³/mol. The van der Waals surface area contributed by atoms with Gasteiger partial charge in [0.15, 0.2) is 10.8 Å². The summed E-state index contributed by atoms with van der Waals surface area (Å²) in [5.41, 5.74) is 0.799. The first kappa shape index (κ1) is 28.7. The maximum absolute atomic E-state index is 14.4. The normalized spacial score (nSPS) is 22.3. The SMILES string of the molecule is CN(C1CCC2=Cc3c(cnn3-c3ccc(F)cc3)CC2(C(=O)c2ccc(C(F)(F)F)cn2)C1)S(=O)c1cnn(C2CC2)n1. The van der Waals surface area contributed by atoms with Crippen LogP contribution in [0.15, 0.2) is 65.6 Å². The maximum atomic E-state index is 14.4. The molecule has 0 N–H and O–H groups in total. The van der Waals surface area contributed by atoms with Gasteiger partial charge in [-0.1, -0.05) is 5.57 Å². The van der Waals surface area contributed by atoms with Crippen LogP contribution in [0.5, 0.6) is 0 Å². The van der Waals surface area contributed by atoms with Crippen LogP contribution in [0, 0.1) is 11.2 Å². The van der Waals surface area contributed by atoms with Crippen LogP contribution in [-0.2, 0) is 23.6 Å². The van der Waals surface area contributed by atoms with E-state index in [-0.39, 0.29) is 36.4 Å². The molecule has 0 bridgehead atoms. The van der Waals surface area contributed by atoms with E-state index in [1.165, 1.54) is 18.3 Å². The van der Waals surface area contributed by atoms with Crippen LogP contribution in [0.4, 0.5) is 17.6 Å². The summed E-state index contributed by atoms with van der Waals surface area (Å²) in [4.78, 5) is 19.9. The molecule has 3 atom stereocenters. The Hall–Kier alpha value is -4.04. The molecular weight excluding hydrogens is 598 g/mol. The van der Waals surface area contributed by atoms with Crippen molar-refractivity contribution in [2.75, 3.05) is 7.05 Å². The molecule has 3 aliphatic rings. The number of benzene rings is 1. The molecule has 0 aliphatic heterocycles. The van der Waals surface area contributed by atoms with Crippen LogP contribution in [0.3, 0.4) is 0 Å². The van der Waals surface area contributed by atoms with Gasteiger partial charge in [-0.2, -0.15) is 28.2 Å². The Labute approximate surface area is 252 Å². The standard InChI is InChI=1S/C30H27F4N7O2S/c1-39(44(43)27-17-37-41(38-27)23-9-10-23)24-6-2-19-12-26-18(15-36-40(26)22-7-4-21(31)5-8-22)13-29(19,14-24)28(42)25-11-3-20(16-35-25)30(32,33)34/h3-5,7-8,11-12,15-17,23-24H,2,6,9-10,13-14H2,1H3. The monoisotopic (exact) mass is 625 g/mol. The average Bonchev–Trinajstić information content (AvgIpc) is 3.61. The Kier molecular flexibility index (Phi) is 6.88. The molecular formula is C30H27F4N7O2S. The number of fused-ring (bicyclic) bond motifs is 2. The number of hydrogen-bond acceptors (Lipinski definition) is 6. The Morgan fingerprint density at radius 3 is 2.50 bits per heavy atom. The summed E-state index contributed by atoms with van der Waals surface area (Å²) in [7, 11) is 0.0809. The lowest BCUT2D eigenvalue weighted by Crippen LogP contribution is -2.48. The molecule has 7 rings (SSSR count). The third-order valence-corrected chi connectivity index (χ3v) is 10.1. The number of aromatic nitrogens is 6. The number of allylic oxidation sites excluding steroid dienone is 1. The summed E-state index contributed by atoms with van der Waals surface area (Å²) in [5.74, 6) is -0.780. The molecule has 3 aromatic heterocycles. The number of alkyl halides is 3. The van der Waals surface area contributed by atoms with E-state index in [2.05, 4.69) is 20.3 Å². The molecule has 2 saturated carbocycles. The highest BCUT2D eigenvalue weighted by atomic mass is 32.2. The number of carbonyl (C=O) groups excluding carboxylic acids is 1. The van der Waals surface area contributed by atoms with Gasteiger partial charge in [0, 0.05) is 19.3 Å². The molecule has 1 aromatic carbocycles. The van der Waals surface area contributed by atoms with Crippen molar-refractivity contribution in [3.63, 3.8) is 0 Å². The van der Waals surface area contributed by atoms with Crippen molar-refractivity contribution in [1.29, 1.82) is 0 Å². The van der Waals surface area contributed by atoms with Crippen molar-refractivity contribution < 1.29 is 26.6 Å². The van der Waals surface area contributed by atoms with E-state index in [1.54, 1.807) is 39.2 Å². The molecule has 0 saturated heterocycles. The summed E-state index contributed by atoms with van der Waals surface area (Å²) >= 11 is 0. The van der Waals surface area contributed by atoms with Crippen LogP contribution in [0.25, 0.3) is 11.8 Å². The minimum atomic E-state index is -4.59. The third-order valence-electron chi connectivity index (χ3n) is 8.78. The highest BCUT2D eigenvalue weighted by Gasteiger charge is 2.51. The summed E-state index contributed by atoms with van der Waals surface area (Å²) in [6.07, 6.45) is 4.67. The van der Waals surface area contributed by atoms with Gasteiger partial charge in [0.25, 0.3) is 0 Å². The van der Waals surface area contributed by atoms with E-state index in [4.69, 9.17) is 0 Å². The Balaban J connectivity index is 1.25. The Bertz CT molecular complexity index is 1790. The maximum Gasteiger partial charge on any atom is 0.417 e. The summed E-state index contributed by atoms with van der Waals surface area (Å²) < 4.78 is 70.4. The third kappa shape index (κ3) is 4.99. The topological polar surface area (TPSA) is 98.8 Å². The molecule has 228 valence electrons. The fourth-order valence-corrected chi connectivity index (χ4v) is 7.27. The van der Waals surface area contributed by atoms with Gasteiger partial charge in [0.1, 0.15) is 22.5 Å². The van der Waals surface area contributed by atoms with Gasteiger partial charge in [-0.15, -0.1) is 5.10 Å². The van der Waals surface area contributed by atoms with Gasteiger partial charge in [0.2, 0.25) is 0 Å². The van der Waals surface area contributed by atoms with Crippen LogP contribution in [-0.4, -0.2) is 57.1 Å². The molecule has 0 spiro atoms. The van der Waals surface area contributed by atoms with Crippen molar-refractivity contribution in [1.82, 2.24) is 34.1 Å². The van der Waals surface area contributed by atoms with E-state index in [0.29, 0.717) is 29.8 Å². The molecule has 2 fully saturated rings. The molecule has 4 aromatic rings. The van der Waals surface area contributed by atoms with E-state index >= 15 is 0 Å². The molecule has 44 heavy (non-hydrogen) atoms. The second-order valence-electron chi connectivity index (χ2n) is 11.6. The fraction of sp³-hybridized carbons (Fsp3) is 0.367. The number of Topliss-reactive ketones (excluding diaryl/α,β-unsaturated/α-hetero) is 1. The second kappa shape index (κ2) is 10.5. The molecule has 14 heteroatoms. The molecule has 3 unspecified atom stereocenters. The molecule has 3 heterocycles. The lowest BCUT2D eigenvalue weighted by atomic mass is 9.60. The number of hydrogen-bond donors (Lipinski definition) is 0. The van der Waals surface area contributed by atoms with Crippen molar-refractivity contribution in [3.8, 4) is 5.69 Å². The predicted octanol–water partition coefficient (Wildman–Crippen LogP) is 5.37. The first-order valence-electron chi connectivity index (χ1n) is 14.2. The first-order valence-corrected chi connectivity index (χ1v) is 15.3. The van der Waals surface area contributed by atoms with Gasteiger partial charge in [-0.3, -0.25) is 9.78 Å². The number of nitrogens with zero attached hydrogens (tertiary/aromatic N) is 7. The van der Waals surface area contributed by atoms with E-state index in [1.807, 2.05) is 6.08 Å². The minimum absolute atomic E-state index is 0.0740. The van der Waals surface area contributed by atoms with Gasteiger partial charge < -0.3 is 0 Å². The van der Waals surface area contributed by atoms with Crippen LogP contribution in [0.2, 0.25) is 0 Å². The summed E-state index contributed by atoms with van der Waals surface area (Å²) in [6, 6.07) is 7.81. The van der Waals surface area contributed by atoms with Gasteiger partial charge in [-0.25, -0.2) is 17.6 Å². The average molecular weight is 626 g/mol. The lowest BCUT2D eigenvalue weighted by molar-refractivity contribution is -0.137. The van der Waals surface area contributed by atoms with E-state index < -0.39 is 33.9 Å². The van der Waals surface area contributed by atoms with Crippen LogP contribution >= 0.6 is 0 Å². The Morgan fingerprint density at radius 2 is 1.82 bits per heavy atom. The number of halogens is 4. The number of carbonyl (C=O) groups is 1. The van der Waals surface area contributed by atoms with Crippen molar-refractivity contribution in [2.45, 2.75) is 61.8 Å². The number of ketones is 1. The van der Waals surface area contributed by atoms with E-state index in [0.717, 1.165) is 41.8 Å². The molecule has 9 nitrogen and oxygen atoms in total. The van der Waals surface area contributed by atoms with Crippen LogP contribution < -0.4 is 0 Å². The Morgan fingerprint density at radius 1 is 1.05 bits per heavy atom. The fourth-order valence-electron chi connectivity index (χ4n) is 6.23. The molecule has 3 aliphatic carbocycles. The lowest BCUT2D eigenvalue weighted by Gasteiger charge is -2.45. The zero-order valence-corrected chi connectivity index (χ0v) is 24.4. The van der Waals surface area contributed by atoms with Gasteiger partial charge in [-0.05, 0) is 86.6 Å². The van der Waals surface area contributed by atoms with Gasteiger partial charge >= 0.3 is 6.18 Å².